The number of aryl methyl sites for hydroxylation is 2. The molecule has 0 fully saturated rings. The molecule has 142 valence electrons. The average molecular weight is 394 g/mol. The van der Waals surface area contributed by atoms with Gasteiger partial charge in [-0.2, -0.15) is 8.42 Å². The van der Waals surface area contributed by atoms with Crippen molar-refractivity contribution in [1.82, 2.24) is 19.5 Å². The number of benzene rings is 2. The van der Waals surface area contributed by atoms with Crippen LogP contribution < -0.4 is 10.0 Å². The molecule has 0 unspecified atom stereocenters. The quantitative estimate of drug-likeness (QED) is 0.539. The first-order valence-corrected chi connectivity index (χ1v) is 9.99. The standard InChI is InChI=1S/C19H18N6O2S/c1-13-4-3-5-14(10-13)23-18-16-11-15(6-7-17(16)21-12-22-18)24-28(26,27)19-20-8-9-25(19)2/h3-12,24H,1-2H3,(H,21,22,23). The molecule has 0 radical (unpaired) electrons. The SMILES string of the molecule is Cc1cccc(Nc2ncnc3ccc(NS(=O)(=O)c4nccn4C)cc23)c1. The summed E-state index contributed by atoms with van der Waals surface area (Å²) in [4.78, 5) is 12.5. The van der Waals surface area contributed by atoms with Gasteiger partial charge >= 0.3 is 0 Å². The minimum atomic E-state index is -3.81. The highest BCUT2D eigenvalue weighted by atomic mass is 32.2. The number of hydrogen-bond acceptors (Lipinski definition) is 6. The van der Waals surface area contributed by atoms with Crippen LogP contribution in [0.15, 0.2) is 66.3 Å². The van der Waals surface area contributed by atoms with Crippen LogP contribution in [0.2, 0.25) is 0 Å². The Labute approximate surface area is 162 Å². The Morgan fingerprint density at radius 2 is 1.86 bits per heavy atom. The second kappa shape index (κ2) is 6.93. The minimum Gasteiger partial charge on any atom is -0.340 e. The Morgan fingerprint density at radius 3 is 2.61 bits per heavy atom. The van der Waals surface area contributed by atoms with Crippen molar-refractivity contribution in [3.63, 3.8) is 0 Å². The average Bonchev–Trinajstić information content (AvgIpc) is 3.09. The first-order chi connectivity index (χ1) is 13.4. The molecule has 4 rings (SSSR count). The molecule has 2 N–H and O–H groups in total. The molecule has 2 heterocycles. The third kappa shape index (κ3) is 3.52. The highest BCUT2D eigenvalue weighted by molar-refractivity contribution is 7.92. The molecule has 28 heavy (non-hydrogen) atoms. The van der Waals surface area contributed by atoms with Crippen molar-refractivity contribution < 1.29 is 8.42 Å². The van der Waals surface area contributed by atoms with E-state index < -0.39 is 10.0 Å². The zero-order valence-corrected chi connectivity index (χ0v) is 16.1. The number of imidazole rings is 1. The van der Waals surface area contributed by atoms with Gasteiger partial charge in [0.05, 0.1) is 5.52 Å². The highest BCUT2D eigenvalue weighted by Crippen LogP contribution is 2.27. The number of anilines is 3. The number of sulfonamides is 1. The largest absolute Gasteiger partial charge is 0.340 e. The molecule has 0 amide bonds. The molecule has 9 heteroatoms. The molecule has 0 bridgehead atoms. The molecule has 0 aliphatic carbocycles. The summed E-state index contributed by atoms with van der Waals surface area (Å²) in [6, 6.07) is 13.0. The van der Waals surface area contributed by atoms with Crippen LogP contribution in [0.1, 0.15) is 5.56 Å². The number of nitrogens with zero attached hydrogens (tertiary/aromatic N) is 4. The van der Waals surface area contributed by atoms with Gasteiger partial charge in [0.1, 0.15) is 12.1 Å². The van der Waals surface area contributed by atoms with Gasteiger partial charge in [-0.1, -0.05) is 12.1 Å². The van der Waals surface area contributed by atoms with Gasteiger partial charge < -0.3 is 9.88 Å². The van der Waals surface area contributed by atoms with E-state index in [9.17, 15) is 8.42 Å². The van der Waals surface area contributed by atoms with E-state index in [-0.39, 0.29) is 5.16 Å². The molecule has 4 aromatic rings. The first kappa shape index (κ1) is 17.9. The van der Waals surface area contributed by atoms with Crippen molar-refractivity contribution in [2.24, 2.45) is 7.05 Å². The summed E-state index contributed by atoms with van der Waals surface area (Å²) in [5.41, 5.74) is 3.11. The van der Waals surface area contributed by atoms with E-state index in [4.69, 9.17) is 0 Å². The number of rotatable bonds is 5. The van der Waals surface area contributed by atoms with Gasteiger partial charge in [0.2, 0.25) is 5.16 Å². The lowest BCUT2D eigenvalue weighted by Gasteiger charge is -2.11. The smallest absolute Gasteiger partial charge is 0.295 e. The Morgan fingerprint density at radius 1 is 1.00 bits per heavy atom. The third-order valence-corrected chi connectivity index (χ3v) is 5.56. The predicted molar refractivity (Wildman–Crippen MR) is 108 cm³/mol. The van der Waals surface area contributed by atoms with Gasteiger partial charge in [0.25, 0.3) is 10.0 Å². The summed E-state index contributed by atoms with van der Waals surface area (Å²) in [6.07, 6.45) is 4.48. The van der Waals surface area contributed by atoms with Crippen LogP contribution in [-0.4, -0.2) is 27.9 Å². The van der Waals surface area contributed by atoms with Gasteiger partial charge in [-0.15, -0.1) is 0 Å². The van der Waals surface area contributed by atoms with E-state index in [1.807, 2.05) is 31.2 Å². The Bertz CT molecular complexity index is 1270. The molecule has 8 nitrogen and oxygen atoms in total. The maximum atomic E-state index is 12.6. The van der Waals surface area contributed by atoms with E-state index in [1.165, 1.54) is 17.1 Å². The fraction of sp³-hybridized carbons (Fsp3) is 0.105. The van der Waals surface area contributed by atoms with Crippen molar-refractivity contribution in [3.8, 4) is 0 Å². The summed E-state index contributed by atoms with van der Waals surface area (Å²) >= 11 is 0. The lowest BCUT2D eigenvalue weighted by molar-refractivity contribution is 0.584. The molecule has 2 aromatic heterocycles. The van der Waals surface area contributed by atoms with Crippen LogP contribution in [-0.2, 0) is 17.1 Å². The van der Waals surface area contributed by atoms with E-state index >= 15 is 0 Å². The summed E-state index contributed by atoms with van der Waals surface area (Å²) in [5, 5.41) is 3.91. The van der Waals surface area contributed by atoms with Crippen LogP contribution in [0.4, 0.5) is 17.2 Å². The zero-order valence-electron chi connectivity index (χ0n) is 15.3. The topological polar surface area (TPSA) is 102 Å². The number of fused-ring (bicyclic) bond motifs is 1. The van der Waals surface area contributed by atoms with E-state index in [2.05, 4.69) is 25.0 Å². The molecule has 0 saturated carbocycles. The molecular formula is C19H18N6O2S. The normalized spacial score (nSPS) is 11.5. The maximum Gasteiger partial charge on any atom is 0.295 e. The number of aromatic nitrogens is 4. The zero-order chi connectivity index (χ0) is 19.7. The Kier molecular flexibility index (Phi) is 4.44. The molecule has 0 spiro atoms. The van der Waals surface area contributed by atoms with Gasteiger partial charge in [-0.05, 0) is 42.8 Å². The summed E-state index contributed by atoms with van der Waals surface area (Å²) < 4.78 is 29.2. The lowest BCUT2D eigenvalue weighted by atomic mass is 10.2. The van der Waals surface area contributed by atoms with Crippen LogP contribution in [0, 0.1) is 6.92 Å². The summed E-state index contributed by atoms with van der Waals surface area (Å²) in [5.74, 6) is 0.591. The van der Waals surface area contributed by atoms with Gasteiger partial charge in [0.15, 0.2) is 0 Å². The second-order valence-corrected chi connectivity index (χ2v) is 7.95. The molecule has 0 atom stereocenters. The highest BCUT2D eigenvalue weighted by Gasteiger charge is 2.19. The third-order valence-electron chi connectivity index (χ3n) is 4.19. The molecule has 0 aliphatic heterocycles. The van der Waals surface area contributed by atoms with E-state index in [0.29, 0.717) is 22.4 Å². The second-order valence-electron chi connectivity index (χ2n) is 6.37. The van der Waals surface area contributed by atoms with Crippen molar-refractivity contribution in [1.29, 1.82) is 0 Å². The summed E-state index contributed by atoms with van der Waals surface area (Å²) in [7, 11) is -2.18. The van der Waals surface area contributed by atoms with Gasteiger partial charge in [0, 0.05) is 36.2 Å². The van der Waals surface area contributed by atoms with Crippen LogP contribution in [0.5, 0.6) is 0 Å². The lowest BCUT2D eigenvalue weighted by Crippen LogP contribution is -2.17. The minimum absolute atomic E-state index is 0.0602. The van der Waals surface area contributed by atoms with Crippen LogP contribution in [0.25, 0.3) is 10.9 Å². The number of nitrogens with one attached hydrogen (secondary N) is 2. The molecular weight excluding hydrogens is 376 g/mol. The van der Waals surface area contributed by atoms with Crippen LogP contribution in [0.3, 0.4) is 0 Å². The fourth-order valence-corrected chi connectivity index (χ4v) is 4.06. The maximum absolute atomic E-state index is 12.6. The molecule has 0 saturated heterocycles. The van der Waals surface area contributed by atoms with Crippen molar-refractivity contribution in [3.05, 3.63) is 66.7 Å². The van der Waals surface area contributed by atoms with E-state index in [0.717, 1.165) is 11.3 Å². The summed E-state index contributed by atoms with van der Waals surface area (Å²) in [6.45, 7) is 2.01. The predicted octanol–water partition coefficient (Wildman–Crippen LogP) is 3.22. The Hall–Kier alpha value is -3.46. The van der Waals surface area contributed by atoms with Crippen molar-refractivity contribution in [2.75, 3.05) is 10.0 Å². The number of hydrogen-bond donors (Lipinski definition) is 2. The van der Waals surface area contributed by atoms with E-state index in [1.54, 1.807) is 31.4 Å². The molecule has 2 aromatic carbocycles. The van der Waals surface area contributed by atoms with Crippen LogP contribution >= 0.6 is 0 Å². The first-order valence-electron chi connectivity index (χ1n) is 8.51. The monoisotopic (exact) mass is 394 g/mol. The van der Waals surface area contributed by atoms with Gasteiger partial charge in [-0.25, -0.2) is 15.0 Å². The Balaban J connectivity index is 1.71. The van der Waals surface area contributed by atoms with Gasteiger partial charge in [-0.3, -0.25) is 4.72 Å². The molecule has 0 aliphatic rings. The fourth-order valence-electron chi connectivity index (χ4n) is 2.89. The van der Waals surface area contributed by atoms with Crippen molar-refractivity contribution in [2.45, 2.75) is 12.1 Å². The van der Waals surface area contributed by atoms with Crippen molar-refractivity contribution >= 4 is 38.1 Å².